The summed E-state index contributed by atoms with van der Waals surface area (Å²) in [6.45, 7) is 1.80. The molecule has 1 heterocycles. The third-order valence-electron chi connectivity index (χ3n) is 3.56. The van der Waals surface area contributed by atoms with Crippen molar-refractivity contribution in [1.29, 1.82) is 0 Å². The maximum Gasteiger partial charge on any atom is 0.320 e. The number of carboxylic acid groups (broad SMARTS) is 1. The minimum Gasteiger partial charge on any atom is -0.480 e. The predicted octanol–water partition coefficient (Wildman–Crippen LogP) is 1.77. The zero-order chi connectivity index (χ0) is 16.6. The molecule has 0 amide bonds. The van der Waals surface area contributed by atoms with Gasteiger partial charge >= 0.3 is 5.97 Å². The van der Waals surface area contributed by atoms with E-state index < -0.39 is 17.1 Å². The third kappa shape index (κ3) is 2.90. The van der Waals surface area contributed by atoms with Crippen LogP contribution < -0.4 is 10.6 Å². The molecule has 0 saturated carbocycles. The summed E-state index contributed by atoms with van der Waals surface area (Å²) in [6.07, 6.45) is 0.0498. The molecule has 3 N–H and O–H groups in total. The van der Waals surface area contributed by atoms with E-state index in [1.807, 2.05) is 4.57 Å². The summed E-state index contributed by atoms with van der Waals surface area (Å²) in [5.41, 5.74) is 7.70. The van der Waals surface area contributed by atoms with Crippen LogP contribution in [0.2, 0.25) is 0 Å². The van der Waals surface area contributed by atoms with Gasteiger partial charge < -0.3 is 15.4 Å². The number of aliphatic carboxylic acids is 1. The van der Waals surface area contributed by atoms with Crippen LogP contribution in [0, 0.1) is 17.0 Å². The Morgan fingerprint density at radius 1 is 1.59 bits per heavy atom. The summed E-state index contributed by atoms with van der Waals surface area (Å²) in [4.78, 5) is 26.3. The van der Waals surface area contributed by atoms with Crippen molar-refractivity contribution in [2.75, 3.05) is 0 Å². The number of carboxylic acids is 1. The van der Waals surface area contributed by atoms with Gasteiger partial charge in [-0.05, 0) is 24.6 Å². The van der Waals surface area contributed by atoms with Crippen LogP contribution in [0.4, 0.5) is 0 Å². The fraction of sp³-hybridized carbons (Fsp3) is 0.308. The van der Waals surface area contributed by atoms with Gasteiger partial charge in [0, 0.05) is 29.0 Å². The monoisotopic (exact) mass is 371 g/mol. The first-order chi connectivity index (χ1) is 10.2. The molecule has 1 aromatic carbocycles. The molecule has 9 heteroatoms. The number of aromatic nitrogens is 1. The second-order valence-electron chi connectivity index (χ2n) is 4.88. The van der Waals surface area contributed by atoms with Crippen molar-refractivity contribution in [2.24, 2.45) is 12.8 Å². The number of halogens is 1. The number of hydrogen-bond acceptors (Lipinski definition) is 5. The van der Waals surface area contributed by atoms with E-state index in [-0.39, 0.29) is 12.2 Å². The van der Waals surface area contributed by atoms with Crippen molar-refractivity contribution in [3.8, 4) is 5.75 Å². The molecular weight excluding hydrogens is 358 g/mol. The summed E-state index contributed by atoms with van der Waals surface area (Å²) >= 11 is 3.28. The Morgan fingerprint density at radius 2 is 2.23 bits per heavy atom. The van der Waals surface area contributed by atoms with Crippen molar-refractivity contribution >= 4 is 32.8 Å². The van der Waals surface area contributed by atoms with Crippen molar-refractivity contribution in [3.63, 3.8) is 0 Å². The Balaban J connectivity index is 2.71. The summed E-state index contributed by atoms with van der Waals surface area (Å²) in [7, 11) is 1.79. The first-order valence-electron chi connectivity index (χ1n) is 6.30. The molecule has 0 aliphatic carbocycles. The van der Waals surface area contributed by atoms with Gasteiger partial charge in [0.15, 0.2) is 0 Å². The first kappa shape index (κ1) is 16.2. The lowest BCUT2D eigenvalue weighted by molar-refractivity contribution is -0.710. The lowest BCUT2D eigenvalue weighted by atomic mass is 10.0. The van der Waals surface area contributed by atoms with Gasteiger partial charge in [-0.25, -0.2) is 0 Å². The largest absolute Gasteiger partial charge is 0.480 e. The van der Waals surface area contributed by atoms with E-state index in [1.165, 1.54) is 6.07 Å². The SMILES string of the molecule is Cc1c(CC(N)C(=O)O)c2c(O[N+](=O)[O-])cc(Br)cc2n1C. The number of nitrogens with two attached hydrogens (primary N) is 1. The fourth-order valence-electron chi connectivity index (χ4n) is 2.41. The molecule has 0 fully saturated rings. The molecular formula is C13H14BrN3O5. The van der Waals surface area contributed by atoms with E-state index in [0.717, 1.165) is 5.69 Å². The molecule has 1 atom stereocenters. The molecule has 118 valence electrons. The quantitative estimate of drug-likeness (QED) is 0.610. The Labute approximate surface area is 133 Å². The Hall–Kier alpha value is -2.13. The van der Waals surface area contributed by atoms with Crippen molar-refractivity contribution in [2.45, 2.75) is 19.4 Å². The van der Waals surface area contributed by atoms with Crippen LogP contribution >= 0.6 is 15.9 Å². The lowest BCUT2D eigenvalue weighted by Crippen LogP contribution is -2.32. The highest BCUT2D eigenvalue weighted by molar-refractivity contribution is 9.10. The van der Waals surface area contributed by atoms with Crippen LogP contribution in [0.1, 0.15) is 11.3 Å². The molecule has 1 unspecified atom stereocenters. The molecule has 2 aromatic rings. The second kappa shape index (κ2) is 5.93. The highest BCUT2D eigenvalue weighted by Crippen LogP contribution is 2.36. The molecule has 0 spiro atoms. The molecule has 0 bridgehead atoms. The van der Waals surface area contributed by atoms with E-state index in [9.17, 15) is 14.9 Å². The van der Waals surface area contributed by atoms with Crippen molar-refractivity contribution in [1.82, 2.24) is 4.57 Å². The smallest absolute Gasteiger partial charge is 0.320 e. The lowest BCUT2D eigenvalue weighted by Gasteiger charge is -2.09. The number of carbonyl (C=O) groups is 1. The number of nitrogens with zero attached hydrogens (tertiary/aromatic N) is 2. The predicted molar refractivity (Wildman–Crippen MR) is 82.3 cm³/mol. The van der Waals surface area contributed by atoms with Crippen LogP contribution in [-0.4, -0.2) is 26.8 Å². The number of rotatable bonds is 5. The average molecular weight is 372 g/mol. The first-order valence-corrected chi connectivity index (χ1v) is 7.09. The van der Waals surface area contributed by atoms with Crippen LogP contribution in [0.25, 0.3) is 10.9 Å². The molecule has 2 rings (SSSR count). The van der Waals surface area contributed by atoms with Crippen LogP contribution in [0.3, 0.4) is 0 Å². The molecule has 8 nitrogen and oxygen atoms in total. The zero-order valence-corrected chi connectivity index (χ0v) is 13.5. The third-order valence-corrected chi connectivity index (χ3v) is 4.02. The Kier molecular flexibility index (Phi) is 4.38. The summed E-state index contributed by atoms with van der Waals surface area (Å²) < 4.78 is 2.43. The molecule has 0 radical (unpaired) electrons. The second-order valence-corrected chi connectivity index (χ2v) is 5.80. The summed E-state index contributed by atoms with van der Waals surface area (Å²) in [5, 5.41) is 19.3. The van der Waals surface area contributed by atoms with Crippen molar-refractivity contribution in [3.05, 3.63) is 38.0 Å². The maximum atomic E-state index is 11.0. The molecule has 0 saturated heterocycles. The minimum absolute atomic E-state index is 0.0469. The van der Waals surface area contributed by atoms with Crippen LogP contribution in [-0.2, 0) is 18.3 Å². The van der Waals surface area contributed by atoms with E-state index in [4.69, 9.17) is 10.8 Å². The highest BCUT2D eigenvalue weighted by Gasteiger charge is 2.22. The van der Waals surface area contributed by atoms with Gasteiger partial charge in [0.25, 0.3) is 5.09 Å². The van der Waals surface area contributed by atoms with Gasteiger partial charge in [-0.15, -0.1) is 10.1 Å². The zero-order valence-electron chi connectivity index (χ0n) is 11.9. The van der Waals surface area contributed by atoms with Gasteiger partial charge in [-0.3, -0.25) is 9.63 Å². The number of aryl methyl sites for hydroxylation is 1. The molecule has 0 aliphatic heterocycles. The Morgan fingerprint density at radius 3 is 2.77 bits per heavy atom. The summed E-state index contributed by atoms with van der Waals surface area (Å²) in [5.74, 6) is -1.09. The average Bonchev–Trinajstić information content (AvgIpc) is 2.63. The minimum atomic E-state index is -1.13. The molecule has 0 aliphatic rings. The van der Waals surface area contributed by atoms with Gasteiger partial charge in [0.1, 0.15) is 11.8 Å². The maximum absolute atomic E-state index is 11.0. The van der Waals surface area contributed by atoms with Crippen LogP contribution in [0.15, 0.2) is 16.6 Å². The number of fused-ring (bicyclic) bond motifs is 1. The van der Waals surface area contributed by atoms with Gasteiger partial charge in [0.2, 0.25) is 0 Å². The normalized spacial score (nSPS) is 12.4. The van der Waals surface area contributed by atoms with E-state index in [2.05, 4.69) is 20.8 Å². The van der Waals surface area contributed by atoms with Crippen molar-refractivity contribution < 1.29 is 19.8 Å². The highest BCUT2D eigenvalue weighted by atomic mass is 79.9. The Bertz CT molecular complexity index is 771. The van der Waals surface area contributed by atoms with E-state index in [1.54, 1.807) is 20.0 Å². The standard InChI is InChI=1S/C13H14BrN3O5/c1-6-8(5-9(15)13(18)19)12-10(16(6)2)3-7(14)4-11(12)22-17(20)21/h3-4,9H,5,15H2,1-2H3,(H,18,19). The van der Waals surface area contributed by atoms with Crippen LogP contribution in [0.5, 0.6) is 5.75 Å². The fourth-order valence-corrected chi connectivity index (χ4v) is 2.83. The van der Waals surface area contributed by atoms with Gasteiger partial charge in [-0.1, -0.05) is 15.9 Å². The summed E-state index contributed by atoms with van der Waals surface area (Å²) in [6, 6.07) is 2.15. The molecule has 1 aromatic heterocycles. The topological polar surface area (TPSA) is 121 Å². The molecule has 22 heavy (non-hydrogen) atoms. The van der Waals surface area contributed by atoms with Gasteiger partial charge in [-0.2, -0.15) is 0 Å². The van der Waals surface area contributed by atoms with E-state index in [0.29, 0.717) is 20.9 Å². The van der Waals surface area contributed by atoms with E-state index >= 15 is 0 Å². The van der Waals surface area contributed by atoms with Gasteiger partial charge in [0.05, 0.1) is 5.52 Å². The number of hydrogen-bond donors (Lipinski definition) is 2. The number of benzene rings is 1.